The molecule has 0 aliphatic rings. The molecule has 0 unspecified atom stereocenters. The van der Waals surface area contributed by atoms with Crippen LogP contribution in [0.4, 0.5) is 0 Å². The molecule has 1 aromatic carbocycles. The summed E-state index contributed by atoms with van der Waals surface area (Å²) in [6, 6.07) is 10.5. The molecule has 0 spiro atoms. The van der Waals surface area contributed by atoms with E-state index in [4.69, 9.17) is 4.43 Å². The minimum atomic E-state index is -1.83. The van der Waals surface area contributed by atoms with Crippen LogP contribution in [0.25, 0.3) is 0 Å². The molecule has 0 fully saturated rings. The molecule has 1 rings (SSSR count). The van der Waals surface area contributed by atoms with Gasteiger partial charge in [0.2, 0.25) is 0 Å². The first-order chi connectivity index (χ1) is 11.2. The lowest BCUT2D eigenvalue weighted by Crippen LogP contribution is -2.44. The number of rotatable bonds is 9. The van der Waals surface area contributed by atoms with E-state index in [-0.39, 0.29) is 11.1 Å². The Bertz CT molecular complexity index is 527. The van der Waals surface area contributed by atoms with Crippen molar-refractivity contribution in [1.29, 1.82) is 0 Å². The third-order valence-corrected chi connectivity index (χ3v) is 9.55. The van der Waals surface area contributed by atoms with Gasteiger partial charge in [-0.15, -0.1) is 0 Å². The molecule has 1 aromatic rings. The van der Waals surface area contributed by atoms with Gasteiger partial charge in [-0.3, -0.25) is 0 Å². The Hall–Kier alpha value is -1.19. The molecule has 0 amide bonds. The van der Waals surface area contributed by atoms with Crippen molar-refractivity contribution >= 4 is 14.6 Å². The maximum atomic E-state index is 11.0. The molecule has 3 heteroatoms. The predicted molar refractivity (Wildman–Crippen MR) is 106 cm³/mol. The number of benzene rings is 1. The van der Waals surface area contributed by atoms with Gasteiger partial charge in [0.25, 0.3) is 0 Å². The summed E-state index contributed by atoms with van der Waals surface area (Å²) >= 11 is 0. The standard InChI is InChI=1S/C21H34O2Si/c1-18(12-14-19-10-8-7-9-11-19)13-15-20(16-17-22)23-24(5,6)21(2,3)4/h7-12,17,20H,13-16H2,1-6H3/b18-12+/t20-/m1/s1. The van der Waals surface area contributed by atoms with Crippen LogP contribution in [0.15, 0.2) is 42.0 Å². The first-order valence-electron chi connectivity index (χ1n) is 8.96. The molecule has 0 aliphatic carbocycles. The molecule has 2 nitrogen and oxygen atoms in total. The zero-order chi connectivity index (χ0) is 18.2. The van der Waals surface area contributed by atoms with Crippen LogP contribution in [0.5, 0.6) is 0 Å². The third-order valence-electron chi connectivity index (χ3n) is 5.02. The van der Waals surface area contributed by atoms with Crippen molar-refractivity contribution in [3.05, 3.63) is 47.5 Å². The molecule has 0 heterocycles. The zero-order valence-corrected chi connectivity index (χ0v) is 17.3. The number of carbonyl (C=O) groups excluding carboxylic acids is 1. The van der Waals surface area contributed by atoms with Gasteiger partial charge in [-0.25, -0.2) is 0 Å². The molecule has 0 aromatic heterocycles. The summed E-state index contributed by atoms with van der Waals surface area (Å²) < 4.78 is 6.44. The smallest absolute Gasteiger partial charge is 0.192 e. The maximum Gasteiger partial charge on any atom is 0.192 e. The lowest BCUT2D eigenvalue weighted by Gasteiger charge is -2.39. The van der Waals surface area contributed by atoms with Crippen LogP contribution in [0.3, 0.4) is 0 Å². The molecule has 0 bridgehead atoms. The number of aldehydes is 1. The number of allylic oxidation sites excluding steroid dienone is 2. The molecular formula is C21H34O2Si. The Morgan fingerprint density at radius 3 is 2.38 bits per heavy atom. The highest BCUT2D eigenvalue weighted by molar-refractivity contribution is 6.74. The van der Waals surface area contributed by atoms with E-state index in [1.807, 2.05) is 6.07 Å². The maximum absolute atomic E-state index is 11.0. The van der Waals surface area contributed by atoms with Crippen molar-refractivity contribution in [2.24, 2.45) is 0 Å². The van der Waals surface area contributed by atoms with E-state index in [2.05, 4.69) is 71.1 Å². The Morgan fingerprint density at radius 2 is 1.83 bits per heavy atom. The Kier molecular flexibility index (Phi) is 8.11. The van der Waals surface area contributed by atoms with Crippen LogP contribution in [-0.2, 0) is 15.6 Å². The van der Waals surface area contributed by atoms with Gasteiger partial charge in [0.1, 0.15) is 6.29 Å². The summed E-state index contributed by atoms with van der Waals surface area (Å²) in [6.45, 7) is 13.4. The first kappa shape index (κ1) is 20.9. The number of hydrogen-bond donors (Lipinski definition) is 0. The minimum Gasteiger partial charge on any atom is -0.413 e. The second-order valence-electron chi connectivity index (χ2n) is 8.18. The van der Waals surface area contributed by atoms with E-state index in [0.29, 0.717) is 6.42 Å². The second-order valence-corrected chi connectivity index (χ2v) is 12.9. The summed E-state index contributed by atoms with van der Waals surface area (Å²) in [6.07, 6.45) is 6.71. The fourth-order valence-electron chi connectivity index (χ4n) is 2.32. The van der Waals surface area contributed by atoms with Gasteiger partial charge in [0.15, 0.2) is 8.32 Å². The largest absolute Gasteiger partial charge is 0.413 e. The van der Waals surface area contributed by atoms with Crippen LogP contribution in [0, 0.1) is 0 Å². The van der Waals surface area contributed by atoms with Gasteiger partial charge in [-0.2, -0.15) is 0 Å². The van der Waals surface area contributed by atoms with Gasteiger partial charge in [0, 0.05) is 6.42 Å². The summed E-state index contributed by atoms with van der Waals surface area (Å²) in [5, 5.41) is 0.173. The average molecular weight is 347 g/mol. The van der Waals surface area contributed by atoms with Crippen molar-refractivity contribution in [2.45, 2.75) is 77.6 Å². The molecule has 0 radical (unpaired) electrons. The third kappa shape index (κ3) is 7.14. The van der Waals surface area contributed by atoms with Gasteiger partial charge < -0.3 is 9.22 Å². The normalized spacial score (nSPS) is 14.5. The van der Waals surface area contributed by atoms with Crippen LogP contribution < -0.4 is 0 Å². The Labute approximate surface area is 149 Å². The van der Waals surface area contributed by atoms with Crippen molar-refractivity contribution < 1.29 is 9.22 Å². The molecule has 24 heavy (non-hydrogen) atoms. The number of carbonyl (C=O) groups is 1. The lowest BCUT2D eigenvalue weighted by atomic mass is 10.0. The first-order valence-corrected chi connectivity index (χ1v) is 11.9. The quantitative estimate of drug-likeness (QED) is 0.314. The Morgan fingerprint density at radius 1 is 1.21 bits per heavy atom. The van der Waals surface area contributed by atoms with E-state index in [1.165, 1.54) is 11.1 Å². The van der Waals surface area contributed by atoms with E-state index < -0.39 is 8.32 Å². The van der Waals surface area contributed by atoms with Gasteiger partial charge in [-0.1, -0.05) is 62.8 Å². The monoisotopic (exact) mass is 346 g/mol. The molecule has 0 aliphatic heterocycles. The van der Waals surface area contributed by atoms with E-state index in [9.17, 15) is 4.79 Å². The molecule has 0 saturated heterocycles. The van der Waals surface area contributed by atoms with Crippen molar-refractivity contribution in [3.8, 4) is 0 Å². The van der Waals surface area contributed by atoms with Crippen molar-refractivity contribution in [3.63, 3.8) is 0 Å². The van der Waals surface area contributed by atoms with E-state index in [0.717, 1.165) is 25.5 Å². The summed E-state index contributed by atoms with van der Waals surface area (Å²) in [4.78, 5) is 11.0. The van der Waals surface area contributed by atoms with Crippen LogP contribution >= 0.6 is 0 Å². The fraction of sp³-hybridized carbons (Fsp3) is 0.571. The molecule has 1 atom stereocenters. The summed E-state index contributed by atoms with van der Waals surface area (Å²) in [5.74, 6) is 0. The summed E-state index contributed by atoms with van der Waals surface area (Å²) in [7, 11) is -1.83. The molecule has 134 valence electrons. The minimum absolute atomic E-state index is 0.0449. The van der Waals surface area contributed by atoms with Gasteiger partial charge in [0.05, 0.1) is 6.10 Å². The van der Waals surface area contributed by atoms with Crippen molar-refractivity contribution in [1.82, 2.24) is 0 Å². The lowest BCUT2D eigenvalue weighted by molar-refractivity contribution is -0.109. The highest BCUT2D eigenvalue weighted by Crippen LogP contribution is 2.38. The van der Waals surface area contributed by atoms with Crippen molar-refractivity contribution in [2.75, 3.05) is 0 Å². The number of hydrogen-bond acceptors (Lipinski definition) is 2. The van der Waals surface area contributed by atoms with Gasteiger partial charge >= 0.3 is 0 Å². The predicted octanol–water partition coefficient (Wildman–Crippen LogP) is 5.94. The SMILES string of the molecule is C/C(=C\Cc1ccccc1)CC[C@H](CC=O)O[Si](C)(C)C(C)(C)C. The topological polar surface area (TPSA) is 26.3 Å². The van der Waals surface area contributed by atoms with Gasteiger partial charge in [-0.05, 0) is 49.9 Å². The summed E-state index contributed by atoms with van der Waals surface area (Å²) in [5.41, 5.74) is 2.70. The van der Waals surface area contributed by atoms with Crippen LogP contribution in [0.2, 0.25) is 18.1 Å². The zero-order valence-electron chi connectivity index (χ0n) is 16.3. The van der Waals surface area contributed by atoms with E-state index >= 15 is 0 Å². The highest BCUT2D eigenvalue weighted by atomic mass is 28.4. The highest BCUT2D eigenvalue weighted by Gasteiger charge is 2.38. The Balaban J connectivity index is 2.58. The molecule has 0 saturated carbocycles. The molecular weight excluding hydrogens is 312 g/mol. The van der Waals surface area contributed by atoms with Crippen LogP contribution in [0.1, 0.15) is 52.5 Å². The second kappa shape index (κ2) is 9.33. The van der Waals surface area contributed by atoms with Crippen LogP contribution in [-0.4, -0.2) is 20.7 Å². The fourth-order valence-corrected chi connectivity index (χ4v) is 3.72. The average Bonchev–Trinajstić information content (AvgIpc) is 2.50. The molecule has 0 N–H and O–H groups in total. The van der Waals surface area contributed by atoms with E-state index in [1.54, 1.807) is 0 Å².